The molecule has 0 bridgehead atoms. The zero-order valence-corrected chi connectivity index (χ0v) is 10.3. The van der Waals surface area contributed by atoms with E-state index in [4.69, 9.17) is 0 Å². The van der Waals surface area contributed by atoms with E-state index in [1.807, 2.05) is 0 Å². The van der Waals surface area contributed by atoms with Gasteiger partial charge in [-0.2, -0.15) is 0 Å². The van der Waals surface area contributed by atoms with Crippen LogP contribution in [-0.4, -0.2) is 9.97 Å². The van der Waals surface area contributed by atoms with Crippen LogP contribution in [0.5, 0.6) is 0 Å². The van der Waals surface area contributed by atoms with E-state index < -0.39 is 0 Å². The minimum absolute atomic E-state index is 0.353. The Morgan fingerprint density at radius 3 is 2.56 bits per heavy atom. The molecule has 16 heavy (non-hydrogen) atoms. The molecule has 0 aliphatic heterocycles. The lowest BCUT2D eigenvalue weighted by molar-refractivity contribution is 0.859. The molecule has 1 N–H and O–H groups in total. The van der Waals surface area contributed by atoms with Crippen molar-refractivity contribution in [2.75, 3.05) is 0 Å². The van der Waals surface area contributed by atoms with Crippen LogP contribution in [0.2, 0.25) is 0 Å². The maximum atomic E-state index is 4.41. The van der Waals surface area contributed by atoms with Crippen molar-refractivity contribution in [2.45, 2.75) is 33.6 Å². The molecule has 0 fully saturated rings. The van der Waals surface area contributed by atoms with Crippen LogP contribution in [-0.2, 0) is 0 Å². The van der Waals surface area contributed by atoms with E-state index in [9.17, 15) is 0 Å². The van der Waals surface area contributed by atoms with Gasteiger partial charge in [-0.15, -0.1) is 0 Å². The van der Waals surface area contributed by atoms with E-state index in [2.05, 4.69) is 55.9 Å². The van der Waals surface area contributed by atoms with Crippen molar-refractivity contribution in [3.8, 4) is 0 Å². The van der Waals surface area contributed by atoms with Crippen molar-refractivity contribution >= 4 is 0 Å². The summed E-state index contributed by atoms with van der Waals surface area (Å²) in [6, 6.07) is 6.47. The van der Waals surface area contributed by atoms with E-state index in [0.29, 0.717) is 5.92 Å². The number of aryl methyl sites for hydroxylation is 2. The normalized spacial score (nSPS) is 12.8. The summed E-state index contributed by atoms with van der Waals surface area (Å²) in [4.78, 5) is 7.55. The molecule has 2 aromatic rings. The largest absolute Gasteiger partial charge is 0.348 e. The fourth-order valence-corrected chi connectivity index (χ4v) is 2.20. The van der Waals surface area contributed by atoms with Crippen molar-refractivity contribution in [1.82, 2.24) is 9.97 Å². The molecule has 2 rings (SSSR count). The number of aromatic amines is 1. The Kier molecular flexibility index (Phi) is 2.82. The summed E-state index contributed by atoms with van der Waals surface area (Å²) in [5, 5.41) is 0. The fourth-order valence-electron chi connectivity index (χ4n) is 2.20. The third-order valence-corrected chi connectivity index (χ3v) is 3.39. The first-order chi connectivity index (χ1) is 7.61. The van der Waals surface area contributed by atoms with Gasteiger partial charge in [0.05, 0.1) is 12.0 Å². The Balaban J connectivity index is 2.46. The van der Waals surface area contributed by atoms with Gasteiger partial charge in [-0.1, -0.05) is 25.1 Å². The molecule has 2 heteroatoms. The first-order valence-corrected chi connectivity index (χ1v) is 5.67. The molecule has 84 valence electrons. The summed E-state index contributed by atoms with van der Waals surface area (Å²) < 4.78 is 0. The van der Waals surface area contributed by atoms with Gasteiger partial charge < -0.3 is 4.98 Å². The summed E-state index contributed by atoms with van der Waals surface area (Å²) in [5.74, 6) is 0.353. The molecule has 0 saturated heterocycles. The molecule has 0 radical (unpaired) electrons. The molecule has 1 aromatic heterocycles. The molecule has 0 aliphatic carbocycles. The lowest BCUT2D eigenvalue weighted by Gasteiger charge is -2.15. The Morgan fingerprint density at radius 2 is 1.94 bits per heavy atom. The minimum Gasteiger partial charge on any atom is -0.348 e. The number of imidazole rings is 1. The quantitative estimate of drug-likeness (QED) is 0.814. The van der Waals surface area contributed by atoms with Crippen LogP contribution in [0, 0.1) is 20.8 Å². The highest BCUT2D eigenvalue weighted by Gasteiger charge is 2.15. The zero-order chi connectivity index (χ0) is 11.7. The lowest BCUT2D eigenvalue weighted by atomic mass is 9.91. The number of nitrogens with one attached hydrogen (secondary N) is 1. The SMILES string of the molecule is Cc1cccc(C(C)c2nc[nH]c2C)c1C. The van der Waals surface area contributed by atoms with Crippen LogP contribution in [0.25, 0.3) is 0 Å². The standard InChI is InChI=1S/C14H18N2/c1-9-6-5-7-13(10(9)2)11(3)14-12(4)15-8-16-14/h5-8,11H,1-4H3,(H,15,16). The second kappa shape index (κ2) is 4.12. The summed E-state index contributed by atoms with van der Waals surface area (Å²) in [5.41, 5.74) is 6.40. The monoisotopic (exact) mass is 214 g/mol. The van der Waals surface area contributed by atoms with Crippen LogP contribution >= 0.6 is 0 Å². The number of benzene rings is 1. The van der Waals surface area contributed by atoms with Crippen LogP contribution in [0.3, 0.4) is 0 Å². The van der Waals surface area contributed by atoms with Gasteiger partial charge >= 0.3 is 0 Å². The Morgan fingerprint density at radius 1 is 1.19 bits per heavy atom. The van der Waals surface area contributed by atoms with E-state index in [1.54, 1.807) is 6.33 Å². The van der Waals surface area contributed by atoms with Crippen molar-refractivity contribution in [3.05, 3.63) is 52.6 Å². The average Bonchev–Trinajstić information content (AvgIpc) is 2.68. The molecule has 0 saturated carbocycles. The molecular weight excluding hydrogens is 196 g/mol. The van der Waals surface area contributed by atoms with Gasteiger partial charge in [0.1, 0.15) is 0 Å². The molecule has 1 unspecified atom stereocenters. The number of rotatable bonds is 2. The van der Waals surface area contributed by atoms with Gasteiger partial charge in [-0.25, -0.2) is 4.98 Å². The highest BCUT2D eigenvalue weighted by molar-refractivity contribution is 5.39. The van der Waals surface area contributed by atoms with Crippen molar-refractivity contribution in [2.24, 2.45) is 0 Å². The molecule has 0 amide bonds. The van der Waals surface area contributed by atoms with Crippen LogP contribution in [0.15, 0.2) is 24.5 Å². The molecule has 0 aliphatic rings. The third kappa shape index (κ3) is 1.75. The van der Waals surface area contributed by atoms with Crippen LogP contribution in [0.4, 0.5) is 0 Å². The number of H-pyrrole nitrogens is 1. The predicted molar refractivity (Wildman–Crippen MR) is 66.8 cm³/mol. The van der Waals surface area contributed by atoms with Gasteiger partial charge in [0.2, 0.25) is 0 Å². The predicted octanol–water partition coefficient (Wildman–Crippen LogP) is 3.49. The number of nitrogens with zero attached hydrogens (tertiary/aromatic N) is 1. The Hall–Kier alpha value is -1.57. The molecule has 1 heterocycles. The van der Waals surface area contributed by atoms with Gasteiger partial charge in [0, 0.05) is 11.6 Å². The van der Waals surface area contributed by atoms with Crippen molar-refractivity contribution in [3.63, 3.8) is 0 Å². The number of hydrogen-bond acceptors (Lipinski definition) is 1. The maximum absolute atomic E-state index is 4.41. The average molecular weight is 214 g/mol. The minimum atomic E-state index is 0.353. The molecule has 2 nitrogen and oxygen atoms in total. The van der Waals surface area contributed by atoms with E-state index >= 15 is 0 Å². The van der Waals surface area contributed by atoms with Gasteiger partial charge in [0.15, 0.2) is 0 Å². The number of aromatic nitrogens is 2. The van der Waals surface area contributed by atoms with Gasteiger partial charge in [-0.05, 0) is 37.5 Å². The molecule has 1 aromatic carbocycles. The summed E-state index contributed by atoms with van der Waals surface area (Å²) in [6.45, 7) is 8.63. The molecular formula is C14H18N2. The van der Waals surface area contributed by atoms with Crippen molar-refractivity contribution < 1.29 is 0 Å². The Labute approximate surface area is 96.7 Å². The first kappa shape index (κ1) is 10.9. The lowest BCUT2D eigenvalue weighted by Crippen LogP contribution is -2.02. The second-order valence-electron chi connectivity index (χ2n) is 4.42. The van der Waals surface area contributed by atoms with E-state index in [-0.39, 0.29) is 0 Å². The number of hydrogen-bond donors (Lipinski definition) is 1. The fraction of sp³-hybridized carbons (Fsp3) is 0.357. The molecule has 0 spiro atoms. The summed E-state index contributed by atoms with van der Waals surface area (Å²) >= 11 is 0. The van der Waals surface area contributed by atoms with Crippen molar-refractivity contribution in [1.29, 1.82) is 0 Å². The Bertz CT molecular complexity index is 497. The van der Waals surface area contributed by atoms with Gasteiger partial charge in [0.25, 0.3) is 0 Å². The zero-order valence-electron chi connectivity index (χ0n) is 10.3. The topological polar surface area (TPSA) is 28.7 Å². The smallest absolute Gasteiger partial charge is 0.0925 e. The first-order valence-electron chi connectivity index (χ1n) is 5.67. The maximum Gasteiger partial charge on any atom is 0.0925 e. The van der Waals surface area contributed by atoms with Crippen LogP contribution in [0.1, 0.15) is 40.9 Å². The summed E-state index contributed by atoms with van der Waals surface area (Å²) in [6.07, 6.45) is 1.77. The molecule has 1 atom stereocenters. The van der Waals surface area contributed by atoms with E-state index in [1.165, 1.54) is 16.7 Å². The van der Waals surface area contributed by atoms with Gasteiger partial charge in [-0.3, -0.25) is 0 Å². The highest BCUT2D eigenvalue weighted by atomic mass is 14.9. The highest BCUT2D eigenvalue weighted by Crippen LogP contribution is 2.28. The van der Waals surface area contributed by atoms with E-state index in [0.717, 1.165) is 11.4 Å². The third-order valence-electron chi connectivity index (χ3n) is 3.39. The van der Waals surface area contributed by atoms with Crippen LogP contribution < -0.4 is 0 Å². The summed E-state index contributed by atoms with van der Waals surface area (Å²) in [7, 11) is 0. The second-order valence-corrected chi connectivity index (χ2v) is 4.42.